The van der Waals surface area contributed by atoms with E-state index in [4.69, 9.17) is 9.15 Å². The molecule has 0 atom stereocenters. The average Bonchev–Trinajstić information content (AvgIpc) is 2.97. The molecule has 112 valence electrons. The number of carbonyl (C=O) groups is 1. The zero-order valence-electron chi connectivity index (χ0n) is 12.0. The molecular weight excluding hydrogens is 258 g/mol. The van der Waals surface area contributed by atoms with Crippen molar-refractivity contribution in [2.45, 2.75) is 13.0 Å². The lowest BCUT2D eigenvalue weighted by molar-refractivity contribution is 0.129. The number of furan rings is 1. The molecule has 6 nitrogen and oxygen atoms in total. The summed E-state index contributed by atoms with van der Waals surface area (Å²) in [5.74, 6) is 0.975. The first-order valence-electron chi connectivity index (χ1n) is 7.06. The van der Waals surface area contributed by atoms with Crippen LogP contribution in [0.1, 0.15) is 12.2 Å². The Bertz CT molecular complexity index is 386. The lowest BCUT2D eigenvalue weighted by Crippen LogP contribution is -2.51. The van der Waals surface area contributed by atoms with Crippen molar-refractivity contribution in [3.8, 4) is 0 Å². The van der Waals surface area contributed by atoms with E-state index < -0.39 is 0 Å². The number of hydrogen-bond acceptors (Lipinski definition) is 4. The van der Waals surface area contributed by atoms with E-state index in [1.165, 1.54) is 0 Å². The highest BCUT2D eigenvalue weighted by Gasteiger charge is 2.21. The molecule has 0 radical (unpaired) electrons. The molecule has 20 heavy (non-hydrogen) atoms. The van der Waals surface area contributed by atoms with Crippen LogP contribution in [0, 0.1) is 0 Å². The quantitative estimate of drug-likeness (QED) is 0.795. The molecule has 0 saturated carbocycles. The van der Waals surface area contributed by atoms with Gasteiger partial charge in [-0.1, -0.05) is 0 Å². The third-order valence-electron chi connectivity index (χ3n) is 3.42. The summed E-state index contributed by atoms with van der Waals surface area (Å²) in [6.07, 6.45) is 2.54. The third-order valence-corrected chi connectivity index (χ3v) is 3.42. The number of urea groups is 1. The van der Waals surface area contributed by atoms with Gasteiger partial charge in [0.1, 0.15) is 5.76 Å². The molecule has 2 heterocycles. The minimum atomic E-state index is 0.0266. The maximum absolute atomic E-state index is 11.9. The zero-order valence-corrected chi connectivity index (χ0v) is 12.0. The molecule has 2 rings (SSSR count). The molecule has 0 aromatic carbocycles. The zero-order chi connectivity index (χ0) is 14.2. The van der Waals surface area contributed by atoms with Crippen molar-refractivity contribution >= 4 is 6.03 Å². The first kappa shape index (κ1) is 14.9. The summed E-state index contributed by atoms with van der Waals surface area (Å²) in [5, 5.41) is 2.92. The molecular formula is C14H23N3O3. The SMILES string of the molecule is COCCCNC(=O)N1CCN(Cc2ccco2)CC1. The first-order valence-corrected chi connectivity index (χ1v) is 7.06. The van der Waals surface area contributed by atoms with Gasteiger partial charge in [-0.3, -0.25) is 4.90 Å². The van der Waals surface area contributed by atoms with E-state index in [2.05, 4.69) is 10.2 Å². The number of nitrogens with one attached hydrogen (secondary N) is 1. The van der Waals surface area contributed by atoms with Crippen LogP contribution in [-0.4, -0.2) is 62.3 Å². The second-order valence-corrected chi connectivity index (χ2v) is 4.92. The Morgan fingerprint density at radius 2 is 2.20 bits per heavy atom. The van der Waals surface area contributed by atoms with Crippen LogP contribution in [-0.2, 0) is 11.3 Å². The number of rotatable bonds is 6. The van der Waals surface area contributed by atoms with E-state index in [0.29, 0.717) is 13.2 Å². The van der Waals surface area contributed by atoms with Crippen LogP contribution in [0.25, 0.3) is 0 Å². The van der Waals surface area contributed by atoms with Crippen molar-refractivity contribution in [3.05, 3.63) is 24.2 Å². The van der Waals surface area contributed by atoms with E-state index in [1.54, 1.807) is 13.4 Å². The first-order chi connectivity index (χ1) is 9.79. The van der Waals surface area contributed by atoms with Crippen LogP contribution in [0.15, 0.2) is 22.8 Å². The van der Waals surface area contributed by atoms with E-state index in [9.17, 15) is 4.79 Å². The highest BCUT2D eigenvalue weighted by atomic mass is 16.5. The fourth-order valence-electron chi connectivity index (χ4n) is 2.26. The van der Waals surface area contributed by atoms with Gasteiger partial charge in [-0.15, -0.1) is 0 Å². The van der Waals surface area contributed by atoms with Gasteiger partial charge < -0.3 is 19.4 Å². The van der Waals surface area contributed by atoms with Gasteiger partial charge in [-0.05, 0) is 18.6 Å². The topological polar surface area (TPSA) is 58.0 Å². The smallest absolute Gasteiger partial charge is 0.317 e. The largest absolute Gasteiger partial charge is 0.468 e. The molecule has 1 fully saturated rings. The van der Waals surface area contributed by atoms with Gasteiger partial charge in [0.25, 0.3) is 0 Å². The molecule has 0 aliphatic carbocycles. The van der Waals surface area contributed by atoms with E-state index in [0.717, 1.165) is 44.9 Å². The third kappa shape index (κ3) is 4.54. The van der Waals surface area contributed by atoms with Gasteiger partial charge in [0.15, 0.2) is 0 Å². The van der Waals surface area contributed by atoms with Gasteiger partial charge in [-0.2, -0.15) is 0 Å². The number of nitrogens with zero attached hydrogens (tertiary/aromatic N) is 2. The highest BCUT2D eigenvalue weighted by Crippen LogP contribution is 2.08. The van der Waals surface area contributed by atoms with Gasteiger partial charge in [0, 0.05) is 46.4 Å². The molecule has 0 unspecified atom stereocenters. The Morgan fingerprint density at radius 3 is 2.85 bits per heavy atom. The second kappa shape index (κ2) is 7.91. The second-order valence-electron chi connectivity index (χ2n) is 4.92. The Kier molecular flexibility index (Phi) is 5.88. The molecule has 0 spiro atoms. The summed E-state index contributed by atoms with van der Waals surface area (Å²) in [5.41, 5.74) is 0. The van der Waals surface area contributed by atoms with Crippen LogP contribution < -0.4 is 5.32 Å². The minimum absolute atomic E-state index is 0.0266. The Labute approximate surface area is 119 Å². The van der Waals surface area contributed by atoms with Crippen molar-refractivity contribution in [3.63, 3.8) is 0 Å². The Hall–Kier alpha value is -1.53. The molecule has 1 aromatic rings. The van der Waals surface area contributed by atoms with Crippen LogP contribution in [0.5, 0.6) is 0 Å². The number of amides is 2. The summed E-state index contributed by atoms with van der Waals surface area (Å²) in [6.45, 7) is 5.44. The van der Waals surface area contributed by atoms with Crippen LogP contribution in [0.2, 0.25) is 0 Å². The van der Waals surface area contributed by atoms with Crippen molar-refractivity contribution < 1.29 is 13.9 Å². The summed E-state index contributed by atoms with van der Waals surface area (Å²) in [7, 11) is 1.67. The summed E-state index contributed by atoms with van der Waals surface area (Å²) in [6, 6.07) is 3.91. The van der Waals surface area contributed by atoms with Crippen molar-refractivity contribution in [2.24, 2.45) is 0 Å². The molecule has 1 saturated heterocycles. The van der Waals surface area contributed by atoms with E-state index in [-0.39, 0.29) is 6.03 Å². The maximum Gasteiger partial charge on any atom is 0.317 e. The Morgan fingerprint density at radius 1 is 1.40 bits per heavy atom. The van der Waals surface area contributed by atoms with Gasteiger partial charge in [0.2, 0.25) is 0 Å². The number of methoxy groups -OCH3 is 1. The number of hydrogen-bond donors (Lipinski definition) is 1. The molecule has 2 amide bonds. The van der Waals surface area contributed by atoms with Gasteiger partial charge in [0.05, 0.1) is 12.8 Å². The molecule has 6 heteroatoms. The van der Waals surface area contributed by atoms with E-state index in [1.807, 2.05) is 17.0 Å². The van der Waals surface area contributed by atoms with Crippen LogP contribution in [0.4, 0.5) is 4.79 Å². The highest BCUT2D eigenvalue weighted by molar-refractivity contribution is 5.74. The molecule has 1 aliphatic heterocycles. The van der Waals surface area contributed by atoms with Crippen molar-refractivity contribution in [2.75, 3.05) is 46.4 Å². The van der Waals surface area contributed by atoms with Crippen molar-refractivity contribution in [1.82, 2.24) is 15.1 Å². The predicted octanol–water partition coefficient (Wildman–Crippen LogP) is 1.14. The van der Waals surface area contributed by atoms with E-state index >= 15 is 0 Å². The van der Waals surface area contributed by atoms with Gasteiger partial charge in [-0.25, -0.2) is 4.79 Å². The predicted molar refractivity (Wildman–Crippen MR) is 75.4 cm³/mol. The molecule has 1 aromatic heterocycles. The normalized spacial score (nSPS) is 16.4. The summed E-state index contributed by atoms with van der Waals surface area (Å²) in [4.78, 5) is 16.1. The average molecular weight is 281 g/mol. The molecule has 0 bridgehead atoms. The van der Waals surface area contributed by atoms with Crippen LogP contribution >= 0.6 is 0 Å². The van der Waals surface area contributed by atoms with Gasteiger partial charge >= 0.3 is 6.03 Å². The monoisotopic (exact) mass is 281 g/mol. The number of carbonyl (C=O) groups excluding carboxylic acids is 1. The number of ether oxygens (including phenoxy) is 1. The lowest BCUT2D eigenvalue weighted by atomic mass is 10.3. The minimum Gasteiger partial charge on any atom is -0.468 e. The standard InChI is InChI=1S/C14H23N3O3/c1-19-10-3-5-15-14(18)17-8-6-16(7-9-17)12-13-4-2-11-20-13/h2,4,11H,3,5-10,12H2,1H3,(H,15,18). The van der Waals surface area contributed by atoms with Crippen molar-refractivity contribution in [1.29, 1.82) is 0 Å². The molecule has 1 N–H and O–H groups in total. The van der Waals surface area contributed by atoms with Crippen LogP contribution in [0.3, 0.4) is 0 Å². The molecule has 1 aliphatic rings. The Balaban J connectivity index is 1.64. The fourth-order valence-corrected chi connectivity index (χ4v) is 2.26. The maximum atomic E-state index is 11.9. The number of piperazine rings is 1. The summed E-state index contributed by atoms with van der Waals surface area (Å²) >= 11 is 0. The lowest BCUT2D eigenvalue weighted by Gasteiger charge is -2.34. The summed E-state index contributed by atoms with van der Waals surface area (Å²) < 4.78 is 10.3. The fraction of sp³-hybridized carbons (Fsp3) is 0.643.